The van der Waals surface area contributed by atoms with Gasteiger partial charge in [0.1, 0.15) is 12.4 Å². The quantitative estimate of drug-likeness (QED) is 0.527. The van der Waals surface area contributed by atoms with Gasteiger partial charge in [-0.2, -0.15) is 0 Å². The van der Waals surface area contributed by atoms with E-state index in [1.807, 2.05) is 54.7 Å². The second-order valence-corrected chi connectivity index (χ2v) is 9.96. The second kappa shape index (κ2) is 11.0. The number of pyridine rings is 1. The smallest absolute Gasteiger partial charge is 0.253 e. The zero-order valence-corrected chi connectivity index (χ0v) is 21.8. The Morgan fingerprint density at radius 3 is 2.50 bits per heavy atom. The van der Waals surface area contributed by atoms with Crippen LogP contribution in [-0.2, 0) is 16.0 Å². The third-order valence-electron chi connectivity index (χ3n) is 7.28. The van der Waals surface area contributed by atoms with Gasteiger partial charge in [-0.1, -0.05) is 24.3 Å². The highest BCUT2D eigenvalue weighted by Crippen LogP contribution is 2.29. The SMILES string of the molecule is CC(=O)N1CC(C(=O)N2CCOc3ccc(-c4cccnc4)cc3Cc3cccc(c3)C(=O)N(C)CC2)C1. The minimum absolute atomic E-state index is 0.00631. The van der Waals surface area contributed by atoms with Gasteiger partial charge < -0.3 is 19.4 Å². The summed E-state index contributed by atoms with van der Waals surface area (Å²) in [5.74, 6) is 0.428. The topological polar surface area (TPSA) is 83.0 Å². The molecule has 1 saturated heterocycles. The Kier molecular flexibility index (Phi) is 7.40. The summed E-state index contributed by atoms with van der Waals surface area (Å²) in [5, 5.41) is 0. The van der Waals surface area contributed by atoms with E-state index in [4.69, 9.17) is 4.74 Å². The molecule has 2 aliphatic rings. The fraction of sp³-hybridized carbons (Fsp3) is 0.333. The maximum absolute atomic E-state index is 13.3. The summed E-state index contributed by atoms with van der Waals surface area (Å²) >= 11 is 0. The van der Waals surface area contributed by atoms with Crippen LogP contribution in [0.2, 0.25) is 0 Å². The van der Waals surface area contributed by atoms with Gasteiger partial charge in [-0.15, -0.1) is 0 Å². The molecule has 3 amide bonds. The summed E-state index contributed by atoms with van der Waals surface area (Å²) in [6.45, 7) is 3.91. The molecule has 0 N–H and O–H groups in total. The van der Waals surface area contributed by atoms with Gasteiger partial charge in [-0.25, -0.2) is 0 Å². The van der Waals surface area contributed by atoms with Crippen LogP contribution in [0.5, 0.6) is 5.75 Å². The minimum atomic E-state index is -0.218. The monoisotopic (exact) mass is 512 g/mol. The van der Waals surface area contributed by atoms with Crippen molar-refractivity contribution in [2.24, 2.45) is 5.92 Å². The highest BCUT2D eigenvalue weighted by molar-refractivity contribution is 5.94. The molecular formula is C30H32N4O4. The van der Waals surface area contributed by atoms with Gasteiger partial charge in [0.05, 0.1) is 12.5 Å². The Labute approximate surface area is 222 Å². The Bertz CT molecular complexity index is 1340. The molecule has 8 heteroatoms. The van der Waals surface area contributed by atoms with Crippen molar-refractivity contribution in [2.75, 3.05) is 46.4 Å². The molecule has 5 rings (SSSR count). The molecule has 1 fully saturated rings. The number of benzene rings is 2. The molecule has 0 aliphatic carbocycles. The first-order valence-electron chi connectivity index (χ1n) is 12.9. The number of hydrogen-bond acceptors (Lipinski definition) is 5. The van der Waals surface area contributed by atoms with Crippen molar-refractivity contribution < 1.29 is 19.1 Å². The lowest BCUT2D eigenvalue weighted by Gasteiger charge is -2.40. The maximum atomic E-state index is 13.3. The summed E-state index contributed by atoms with van der Waals surface area (Å²) in [5.41, 5.74) is 4.67. The molecule has 3 aromatic rings. The number of carbonyl (C=O) groups excluding carboxylic acids is 3. The number of fused-ring (bicyclic) bond motifs is 3. The normalized spacial score (nSPS) is 16.7. The number of amides is 3. The van der Waals surface area contributed by atoms with Crippen LogP contribution < -0.4 is 4.74 Å². The molecule has 3 heterocycles. The molecule has 0 saturated carbocycles. The van der Waals surface area contributed by atoms with Gasteiger partial charge >= 0.3 is 0 Å². The Balaban J connectivity index is 1.43. The molecule has 2 aromatic carbocycles. The summed E-state index contributed by atoms with van der Waals surface area (Å²) in [6, 6.07) is 17.7. The molecule has 2 aliphatic heterocycles. The van der Waals surface area contributed by atoms with E-state index in [0.29, 0.717) is 51.3 Å². The van der Waals surface area contributed by atoms with Crippen molar-refractivity contribution >= 4 is 17.7 Å². The highest BCUT2D eigenvalue weighted by atomic mass is 16.5. The molecule has 38 heavy (non-hydrogen) atoms. The molecule has 8 nitrogen and oxygen atoms in total. The first-order chi connectivity index (χ1) is 18.4. The number of nitrogens with zero attached hydrogens (tertiary/aromatic N) is 4. The number of rotatable bonds is 2. The summed E-state index contributed by atoms with van der Waals surface area (Å²) < 4.78 is 6.26. The summed E-state index contributed by atoms with van der Waals surface area (Å²) in [4.78, 5) is 47.4. The van der Waals surface area contributed by atoms with Gasteiger partial charge in [0, 0.05) is 70.1 Å². The van der Waals surface area contributed by atoms with Crippen LogP contribution in [0.1, 0.15) is 28.4 Å². The molecule has 0 atom stereocenters. The summed E-state index contributed by atoms with van der Waals surface area (Å²) in [7, 11) is 1.76. The van der Waals surface area contributed by atoms with Crippen molar-refractivity contribution in [1.29, 1.82) is 0 Å². The molecule has 2 bridgehead atoms. The number of likely N-dealkylation sites (N-methyl/N-ethyl adjacent to an activating group) is 1. The average Bonchev–Trinajstić information content (AvgIpc) is 2.89. The van der Waals surface area contributed by atoms with Gasteiger partial charge in [-0.3, -0.25) is 19.4 Å². The largest absolute Gasteiger partial charge is 0.491 e. The fourth-order valence-corrected chi connectivity index (χ4v) is 4.95. The van der Waals surface area contributed by atoms with Crippen LogP contribution in [0.15, 0.2) is 67.0 Å². The van der Waals surface area contributed by atoms with Crippen LogP contribution in [0, 0.1) is 5.92 Å². The van der Waals surface area contributed by atoms with Crippen LogP contribution >= 0.6 is 0 Å². The number of aromatic nitrogens is 1. The van der Waals surface area contributed by atoms with Crippen LogP contribution in [0.4, 0.5) is 0 Å². The van der Waals surface area contributed by atoms with Crippen LogP contribution in [0.3, 0.4) is 0 Å². The van der Waals surface area contributed by atoms with E-state index in [-0.39, 0.29) is 23.6 Å². The number of likely N-dealkylation sites (tertiary alicyclic amines) is 1. The molecule has 196 valence electrons. The lowest BCUT2D eigenvalue weighted by Crippen LogP contribution is -2.57. The molecule has 0 radical (unpaired) electrons. The van der Waals surface area contributed by atoms with Gasteiger partial charge in [0.25, 0.3) is 5.91 Å². The molecule has 0 unspecified atom stereocenters. The second-order valence-electron chi connectivity index (χ2n) is 9.96. The average molecular weight is 513 g/mol. The van der Waals surface area contributed by atoms with E-state index in [2.05, 4.69) is 11.1 Å². The number of ether oxygens (including phenoxy) is 1. The third kappa shape index (κ3) is 5.54. The fourth-order valence-electron chi connectivity index (χ4n) is 4.95. The van der Waals surface area contributed by atoms with Crippen molar-refractivity contribution in [1.82, 2.24) is 19.7 Å². The van der Waals surface area contributed by atoms with E-state index < -0.39 is 0 Å². The number of carbonyl (C=O) groups is 3. The molecular weight excluding hydrogens is 480 g/mol. The van der Waals surface area contributed by atoms with E-state index in [1.165, 1.54) is 6.92 Å². The predicted molar refractivity (Wildman–Crippen MR) is 144 cm³/mol. The van der Waals surface area contributed by atoms with Crippen molar-refractivity contribution in [2.45, 2.75) is 13.3 Å². The lowest BCUT2D eigenvalue weighted by molar-refractivity contribution is -0.147. The Hall–Kier alpha value is -4.20. The van der Waals surface area contributed by atoms with Gasteiger partial charge in [0.2, 0.25) is 11.8 Å². The first-order valence-corrected chi connectivity index (χ1v) is 12.9. The third-order valence-corrected chi connectivity index (χ3v) is 7.28. The van der Waals surface area contributed by atoms with E-state index in [0.717, 1.165) is 28.0 Å². The van der Waals surface area contributed by atoms with Gasteiger partial charge in [-0.05, 0) is 47.0 Å². The predicted octanol–water partition coefficient (Wildman–Crippen LogP) is 3.11. The van der Waals surface area contributed by atoms with Crippen molar-refractivity contribution in [3.05, 3.63) is 83.7 Å². The van der Waals surface area contributed by atoms with E-state index in [1.54, 1.807) is 27.9 Å². The Morgan fingerprint density at radius 1 is 0.921 bits per heavy atom. The van der Waals surface area contributed by atoms with E-state index >= 15 is 0 Å². The van der Waals surface area contributed by atoms with Crippen LogP contribution in [-0.4, -0.2) is 83.8 Å². The highest BCUT2D eigenvalue weighted by Gasteiger charge is 2.36. The zero-order valence-electron chi connectivity index (χ0n) is 21.8. The molecule has 0 spiro atoms. The van der Waals surface area contributed by atoms with Crippen molar-refractivity contribution in [3.8, 4) is 16.9 Å². The zero-order chi connectivity index (χ0) is 26.6. The Morgan fingerprint density at radius 2 is 1.74 bits per heavy atom. The van der Waals surface area contributed by atoms with Crippen LogP contribution in [0.25, 0.3) is 11.1 Å². The van der Waals surface area contributed by atoms with Gasteiger partial charge in [0.15, 0.2) is 0 Å². The minimum Gasteiger partial charge on any atom is -0.491 e. The number of hydrogen-bond donors (Lipinski definition) is 0. The maximum Gasteiger partial charge on any atom is 0.253 e. The lowest BCUT2D eigenvalue weighted by atomic mass is 9.97. The first kappa shape index (κ1) is 25.4. The van der Waals surface area contributed by atoms with E-state index in [9.17, 15) is 14.4 Å². The molecule has 1 aromatic heterocycles. The summed E-state index contributed by atoms with van der Waals surface area (Å²) in [6.07, 6.45) is 4.18. The van der Waals surface area contributed by atoms with Crippen molar-refractivity contribution in [3.63, 3.8) is 0 Å². The standard InChI is InChI=1S/C30H32N4O4/c1-21(35)34-19-27(20-34)30(37)33-12-11-32(2)29(36)24-6-3-5-22(15-24)16-26-17-23(25-7-4-10-31-18-25)8-9-28(26)38-14-13-33/h3-10,15,17-18,27H,11-14,16,19-20H2,1-2H3.